The van der Waals surface area contributed by atoms with Gasteiger partial charge in [0.15, 0.2) is 0 Å². The fourth-order valence-electron chi connectivity index (χ4n) is 6.31. The number of hydrogen-bond donors (Lipinski definition) is 2. The van der Waals surface area contributed by atoms with Gasteiger partial charge in [-0.2, -0.15) is 0 Å². The zero-order chi connectivity index (χ0) is 31.3. The number of carbonyl (C=O) groups excluding carboxylic acids is 2. The molecule has 0 saturated heterocycles. The fraction of sp³-hybridized carbons (Fsp3) is 0.515. The van der Waals surface area contributed by atoms with Crippen molar-refractivity contribution < 1.29 is 27.5 Å². The second-order valence-corrected chi connectivity index (χ2v) is 14.6. The van der Waals surface area contributed by atoms with Crippen LogP contribution >= 0.6 is 11.6 Å². The third-order valence-electron chi connectivity index (χ3n) is 9.19. The number of benzene rings is 2. The lowest BCUT2D eigenvalue weighted by molar-refractivity contribution is -0.139. The molecule has 1 fully saturated rings. The van der Waals surface area contributed by atoms with Crippen molar-refractivity contribution in [3.63, 3.8) is 0 Å². The molecule has 2 aromatic carbocycles. The van der Waals surface area contributed by atoms with E-state index in [1.807, 2.05) is 24.3 Å². The van der Waals surface area contributed by atoms with E-state index in [9.17, 15) is 18.0 Å². The Morgan fingerprint density at radius 2 is 1.98 bits per heavy atom. The number of amides is 1. The molecule has 1 amide bonds. The standard InChI is InChI=1S/C33H42ClN3O6S/c1-22-7-3-4-9-29(35-19-32(38)42-2)28-14-11-25(28)20-37-16-6-5-8-23-17-27(34)13-10-26(23)21-43-31-15-12-24(18-30(31)37)33(39)36-44(22,40)41/h4,9-10,12-13,15,17-18,22,25,28-29,35H,3,5-8,11,14,16,19-21H2,1-2H3,(H,36,39)/b9-4+/t22-,25+,28-,29+/m1/s1. The van der Waals surface area contributed by atoms with Gasteiger partial charge in [-0.05, 0) is 105 Å². The summed E-state index contributed by atoms with van der Waals surface area (Å²) >= 11 is 6.32. The van der Waals surface area contributed by atoms with Gasteiger partial charge in [-0.15, -0.1) is 0 Å². The largest absolute Gasteiger partial charge is 0.487 e. The second kappa shape index (κ2) is 14.3. The lowest BCUT2D eigenvalue weighted by Gasteiger charge is -2.44. The van der Waals surface area contributed by atoms with Crippen LogP contribution in [0.4, 0.5) is 5.69 Å². The van der Waals surface area contributed by atoms with Gasteiger partial charge in [0.1, 0.15) is 12.4 Å². The van der Waals surface area contributed by atoms with Crippen molar-refractivity contribution >= 4 is 39.2 Å². The number of anilines is 1. The van der Waals surface area contributed by atoms with Crippen LogP contribution in [0.5, 0.6) is 5.75 Å². The normalized spacial score (nSPS) is 26.3. The maximum absolute atomic E-state index is 13.3. The third-order valence-corrected chi connectivity index (χ3v) is 11.2. The summed E-state index contributed by atoms with van der Waals surface area (Å²) in [5.41, 5.74) is 3.27. The summed E-state index contributed by atoms with van der Waals surface area (Å²) < 4.78 is 39.7. The minimum absolute atomic E-state index is 0.0578. The number of ether oxygens (including phenoxy) is 2. The van der Waals surface area contributed by atoms with Crippen LogP contribution in [0, 0.1) is 11.8 Å². The van der Waals surface area contributed by atoms with Crippen molar-refractivity contribution in [1.29, 1.82) is 0 Å². The predicted octanol–water partition coefficient (Wildman–Crippen LogP) is 5.02. The number of hydrogen-bond acceptors (Lipinski definition) is 8. The Bertz CT molecular complexity index is 1500. The quantitative estimate of drug-likeness (QED) is 0.354. The van der Waals surface area contributed by atoms with E-state index in [0.717, 1.165) is 56.4 Å². The van der Waals surface area contributed by atoms with Crippen LogP contribution in [0.25, 0.3) is 0 Å². The van der Waals surface area contributed by atoms with Gasteiger partial charge in [0.2, 0.25) is 10.0 Å². The lowest BCUT2D eigenvalue weighted by atomic mass is 9.69. The van der Waals surface area contributed by atoms with Crippen LogP contribution in [-0.2, 0) is 32.6 Å². The molecular weight excluding hydrogens is 602 g/mol. The molecule has 2 N–H and O–H groups in total. The number of sulfonamides is 1. The molecule has 0 unspecified atom stereocenters. The van der Waals surface area contributed by atoms with Crippen LogP contribution in [0.3, 0.4) is 0 Å². The summed E-state index contributed by atoms with van der Waals surface area (Å²) in [6.07, 6.45) is 9.72. The molecule has 238 valence electrons. The number of aryl methyl sites for hydroxylation is 1. The molecule has 0 radical (unpaired) electrons. The zero-order valence-electron chi connectivity index (χ0n) is 25.4. The molecule has 2 aliphatic heterocycles. The molecule has 0 spiro atoms. The number of nitrogens with one attached hydrogen (secondary N) is 2. The van der Waals surface area contributed by atoms with Crippen LogP contribution in [0.2, 0.25) is 5.02 Å². The molecule has 3 aliphatic rings. The Labute approximate surface area is 265 Å². The Morgan fingerprint density at radius 1 is 1.14 bits per heavy atom. The van der Waals surface area contributed by atoms with E-state index in [0.29, 0.717) is 36.1 Å². The minimum Gasteiger partial charge on any atom is -0.487 e. The summed E-state index contributed by atoms with van der Waals surface area (Å²) in [7, 11) is -2.52. The number of carbonyl (C=O) groups is 2. The van der Waals surface area contributed by atoms with E-state index in [2.05, 4.69) is 21.0 Å². The van der Waals surface area contributed by atoms with Crippen LogP contribution < -0.4 is 19.7 Å². The van der Waals surface area contributed by atoms with E-state index in [-0.39, 0.29) is 30.0 Å². The van der Waals surface area contributed by atoms with Crippen LogP contribution in [0.15, 0.2) is 48.6 Å². The van der Waals surface area contributed by atoms with Crippen molar-refractivity contribution in [2.24, 2.45) is 11.8 Å². The summed E-state index contributed by atoms with van der Waals surface area (Å²) in [5.74, 6) is 0.284. The number of nitrogens with zero attached hydrogens (tertiary/aromatic N) is 1. The Balaban J connectivity index is 1.51. The van der Waals surface area contributed by atoms with Crippen molar-refractivity contribution in [2.75, 3.05) is 31.6 Å². The Hall–Kier alpha value is -3.08. The van der Waals surface area contributed by atoms with Gasteiger partial charge in [0, 0.05) is 29.7 Å². The van der Waals surface area contributed by atoms with Gasteiger partial charge in [0.25, 0.3) is 5.91 Å². The number of fused-ring (bicyclic) bond motifs is 3. The molecule has 0 aromatic heterocycles. The minimum atomic E-state index is -3.90. The number of methoxy groups -OCH3 is 1. The van der Waals surface area contributed by atoms with E-state index >= 15 is 0 Å². The number of esters is 1. The molecule has 1 saturated carbocycles. The summed E-state index contributed by atoms with van der Waals surface area (Å²) in [5, 5.41) is 3.31. The van der Waals surface area contributed by atoms with Gasteiger partial charge >= 0.3 is 5.97 Å². The van der Waals surface area contributed by atoms with Gasteiger partial charge in [0.05, 0.1) is 24.6 Å². The molecule has 2 heterocycles. The molecule has 9 nitrogen and oxygen atoms in total. The van der Waals surface area contributed by atoms with E-state index in [1.165, 1.54) is 12.7 Å². The van der Waals surface area contributed by atoms with Crippen LogP contribution in [0.1, 0.15) is 66.9 Å². The van der Waals surface area contributed by atoms with Crippen molar-refractivity contribution in [3.8, 4) is 5.75 Å². The maximum Gasteiger partial charge on any atom is 0.319 e. The van der Waals surface area contributed by atoms with Gasteiger partial charge in [-0.25, -0.2) is 13.1 Å². The van der Waals surface area contributed by atoms with Gasteiger partial charge in [-0.3, -0.25) is 9.59 Å². The highest BCUT2D eigenvalue weighted by molar-refractivity contribution is 7.90. The first kappa shape index (κ1) is 32.3. The fourth-order valence-corrected chi connectivity index (χ4v) is 7.53. The highest BCUT2D eigenvalue weighted by atomic mass is 35.5. The molecular formula is C33H42ClN3O6S. The smallest absolute Gasteiger partial charge is 0.319 e. The Morgan fingerprint density at radius 3 is 2.75 bits per heavy atom. The predicted molar refractivity (Wildman–Crippen MR) is 172 cm³/mol. The van der Waals surface area contributed by atoms with Crippen molar-refractivity contribution in [3.05, 3.63) is 70.3 Å². The third kappa shape index (κ3) is 7.76. The lowest BCUT2D eigenvalue weighted by Crippen LogP contribution is -2.49. The summed E-state index contributed by atoms with van der Waals surface area (Å²) in [6.45, 7) is 3.54. The maximum atomic E-state index is 13.3. The SMILES string of the molecule is COC(=O)CN[C@H]1/C=C/CC[C@@H](C)S(=O)(=O)NC(=O)c2ccc3c(c2)N(CCCCc2cc(Cl)ccc2CO3)C[C@@H]2CC[C@H]21. The highest BCUT2D eigenvalue weighted by Gasteiger charge is 2.38. The summed E-state index contributed by atoms with van der Waals surface area (Å²) in [4.78, 5) is 27.6. The average molecular weight is 644 g/mol. The highest BCUT2D eigenvalue weighted by Crippen LogP contribution is 2.41. The van der Waals surface area contributed by atoms with Gasteiger partial charge in [-0.1, -0.05) is 29.8 Å². The number of halogens is 1. The molecule has 5 rings (SSSR count). The molecule has 44 heavy (non-hydrogen) atoms. The summed E-state index contributed by atoms with van der Waals surface area (Å²) in [6, 6.07) is 11.0. The molecule has 2 bridgehead atoms. The monoisotopic (exact) mass is 643 g/mol. The number of rotatable bonds is 3. The average Bonchev–Trinajstić information content (AvgIpc) is 3.02. The first-order valence-corrected chi connectivity index (χ1v) is 17.4. The van der Waals surface area contributed by atoms with E-state index in [1.54, 1.807) is 25.1 Å². The zero-order valence-corrected chi connectivity index (χ0v) is 27.0. The molecule has 4 atom stereocenters. The first-order chi connectivity index (χ1) is 21.1. The topological polar surface area (TPSA) is 114 Å². The first-order valence-electron chi connectivity index (χ1n) is 15.5. The number of allylic oxidation sites excluding steroid dienone is 1. The molecule has 11 heteroatoms. The van der Waals surface area contributed by atoms with Gasteiger partial charge < -0.3 is 19.7 Å². The van der Waals surface area contributed by atoms with Crippen LogP contribution in [-0.4, -0.2) is 58.3 Å². The molecule has 2 aromatic rings. The van der Waals surface area contributed by atoms with E-state index in [4.69, 9.17) is 21.1 Å². The second-order valence-electron chi connectivity index (χ2n) is 12.1. The van der Waals surface area contributed by atoms with Crippen molar-refractivity contribution in [1.82, 2.24) is 10.0 Å². The van der Waals surface area contributed by atoms with E-state index < -0.39 is 21.2 Å². The Kier molecular flexibility index (Phi) is 10.5. The molecule has 1 aliphatic carbocycles. The van der Waals surface area contributed by atoms with Crippen molar-refractivity contribution in [2.45, 2.75) is 69.8 Å².